The van der Waals surface area contributed by atoms with E-state index in [2.05, 4.69) is 39.9 Å². The zero-order valence-corrected chi connectivity index (χ0v) is 13.5. The number of aryl methyl sites for hydroxylation is 1. The van der Waals surface area contributed by atoms with Crippen molar-refractivity contribution in [2.75, 3.05) is 5.43 Å². The Morgan fingerprint density at radius 3 is 2.39 bits per heavy atom. The maximum atomic E-state index is 4.40. The van der Waals surface area contributed by atoms with Gasteiger partial charge in [0.15, 0.2) is 0 Å². The van der Waals surface area contributed by atoms with Crippen LogP contribution in [0.15, 0.2) is 59.7 Å². The predicted octanol–water partition coefficient (Wildman–Crippen LogP) is 3.72. The molecule has 0 unspecified atom stereocenters. The SMILES string of the molecule is CC(=NNc1ccccc1)c1nnn(-c2ccc(C)cc2)c1C. The van der Waals surface area contributed by atoms with Crippen molar-refractivity contribution < 1.29 is 0 Å². The maximum Gasteiger partial charge on any atom is 0.132 e. The maximum absolute atomic E-state index is 4.40. The van der Waals surface area contributed by atoms with E-state index in [0.717, 1.165) is 28.5 Å². The minimum atomic E-state index is 0.786. The molecule has 1 heterocycles. The summed E-state index contributed by atoms with van der Waals surface area (Å²) in [5.41, 5.74) is 8.74. The molecule has 0 amide bonds. The molecule has 2 aromatic carbocycles. The van der Waals surface area contributed by atoms with Crippen molar-refractivity contribution >= 4 is 11.4 Å². The van der Waals surface area contributed by atoms with E-state index in [9.17, 15) is 0 Å². The first-order valence-electron chi connectivity index (χ1n) is 7.50. The number of para-hydroxylation sites is 1. The van der Waals surface area contributed by atoms with Crippen molar-refractivity contribution in [1.29, 1.82) is 0 Å². The van der Waals surface area contributed by atoms with Crippen LogP contribution in [0.2, 0.25) is 0 Å². The van der Waals surface area contributed by atoms with E-state index >= 15 is 0 Å². The molecule has 3 aromatic rings. The van der Waals surface area contributed by atoms with Crippen molar-refractivity contribution in [3.63, 3.8) is 0 Å². The normalized spacial score (nSPS) is 11.5. The highest BCUT2D eigenvalue weighted by Gasteiger charge is 2.12. The highest BCUT2D eigenvalue weighted by Crippen LogP contribution is 2.14. The third-order valence-electron chi connectivity index (χ3n) is 3.64. The average Bonchev–Trinajstić information content (AvgIpc) is 2.96. The molecule has 1 aromatic heterocycles. The van der Waals surface area contributed by atoms with Crippen molar-refractivity contribution in [2.24, 2.45) is 5.10 Å². The molecule has 0 aliphatic heterocycles. The number of nitrogens with zero attached hydrogens (tertiary/aromatic N) is 4. The first-order chi connectivity index (χ1) is 11.1. The van der Waals surface area contributed by atoms with Crippen molar-refractivity contribution in [3.05, 3.63) is 71.5 Å². The molecule has 116 valence electrons. The second-order valence-corrected chi connectivity index (χ2v) is 5.45. The van der Waals surface area contributed by atoms with Crippen LogP contribution in [0, 0.1) is 13.8 Å². The molecule has 5 heteroatoms. The fourth-order valence-corrected chi connectivity index (χ4v) is 2.31. The van der Waals surface area contributed by atoms with Crippen LogP contribution in [0.4, 0.5) is 5.69 Å². The minimum absolute atomic E-state index is 0.786. The Balaban J connectivity index is 1.85. The number of aromatic nitrogens is 3. The second kappa shape index (κ2) is 6.44. The molecule has 0 spiro atoms. The largest absolute Gasteiger partial charge is 0.278 e. The van der Waals surface area contributed by atoms with Crippen LogP contribution < -0.4 is 5.43 Å². The molecule has 0 atom stereocenters. The van der Waals surface area contributed by atoms with Crippen LogP contribution in [0.5, 0.6) is 0 Å². The first kappa shape index (κ1) is 15.0. The Bertz CT molecular complexity index is 816. The van der Waals surface area contributed by atoms with Crippen molar-refractivity contribution in [3.8, 4) is 5.69 Å². The number of hydrogen-bond donors (Lipinski definition) is 1. The summed E-state index contributed by atoms with van der Waals surface area (Å²) in [5.74, 6) is 0. The highest BCUT2D eigenvalue weighted by atomic mass is 15.4. The lowest BCUT2D eigenvalue weighted by molar-refractivity contribution is 0.784. The summed E-state index contributed by atoms with van der Waals surface area (Å²) in [5, 5.41) is 12.9. The molecule has 0 bridgehead atoms. The third-order valence-corrected chi connectivity index (χ3v) is 3.64. The molecule has 23 heavy (non-hydrogen) atoms. The molecule has 0 saturated carbocycles. The van der Waals surface area contributed by atoms with E-state index in [1.165, 1.54) is 5.56 Å². The van der Waals surface area contributed by atoms with E-state index in [0.29, 0.717) is 0 Å². The Morgan fingerprint density at radius 1 is 1.00 bits per heavy atom. The zero-order chi connectivity index (χ0) is 16.2. The van der Waals surface area contributed by atoms with E-state index in [-0.39, 0.29) is 0 Å². The molecule has 1 N–H and O–H groups in total. The first-order valence-corrected chi connectivity index (χ1v) is 7.50. The molecular formula is C18H19N5. The van der Waals surface area contributed by atoms with Crippen molar-refractivity contribution in [2.45, 2.75) is 20.8 Å². The van der Waals surface area contributed by atoms with Gasteiger partial charge < -0.3 is 0 Å². The fourth-order valence-electron chi connectivity index (χ4n) is 2.31. The summed E-state index contributed by atoms with van der Waals surface area (Å²) in [7, 11) is 0. The van der Waals surface area contributed by atoms with Gasteiger partial charge in [0, 0.05) is 0 Å². The lowest BCUT2D eigenvalue weighted by Crippen LogP contribution is -2.04. The Labute approximate surface area is 135 Å². The van der Waals surface area contributed by atoms with Crippen LogP contribution in [-0.4, -0.2) is 20.7 Å². The number of anilines is 1. The van der Waals surface area contributed by atoms with Gasteiger partial charge in [-0.1, -0.05) is 41.1 Å². The van der Waals surface area contributed by atoms with Crippen molar-refractivity contribution in [1.82, 2.24) is 15.0 Å². The topological polar surface area (TPSA) is 55.1 Å². The summed E-state index contributed by atoms with van der Waals surface area (Å²) in [6, 6.07) is 18.0. The molecule has 3 rings (SSSR count). The van der Waals surface area contributed by atoms with E-state index < -0.39 is 0 Å². The number of rotatable bonds is 4. The Morgan fingerprint density at radius 2 is 1.70 bits per heavy atom. The van der Waals surface area contributed by atoms with Gasteiger partial charge in [-0.25, -0.2) is 4.68 Å². The van der Waals surface area contributed by atoms with E-state index in [1.807, 2.05) is 61.0 Å². The Kier molecular flexibility index (Phi) is 4.19. The van der Waals surface area contributed by atoms with Crippen LogP contribution in [-0.2, 0) is 0 Å². The van der Waals surface area contributed by atoms with Crippen LogP contribution in [0.3, 0.4) is 0 Å². The van der Waals surface area contributed by atoms with Gasteiger partial charge in [0.1, 0.15) is 5.69 Å². The smallest absolute Gasteiger partial charge is 0.132 e. The monoisotopic (exact) mass is 305 g/mol. The van der Waals surface area contributed by atoms with Crippen LogP contribution in [0.25, 0.3) is 5.69 Å². The summed E-state index contributed by atoms with van der Waals surface area (Å²) in [6.45, 7) is 5.98. The van der Waals surface area contributed by atoms with Crippen LogP contribution in [0.1, 0.15) is 23.9 Å². The van der Waals surface area contributed by atoms with Gasteiger partial charge in [0.2, 0.25) is 0 Å². The van der Waals surface area contributed by atoms with Gasteiger partial charge in [-0.2, -0.15) is 5.10 Å². The van der Waals surface area contributed by atoms with E-state index in [1.54, 1.807) is 0 Å². The minimum Gasteiger partial charge on any atom is -0.278 e. The van der Waals surface area contributed by atoms with Gasteiger partial charge in [0.25, 0.3) is 0 Å². The van der Waals surface area contributed by atoms with Gasteiger partial charge in [-0.05, 0) is 45.0 Å². The molecule has 0 fully saturated rings. The van der Waals surface area contributed by atoms with Gasteiger partial charge in [-0.3, -0.25) is 5.43 Å². The Hall–Kier alpha value is -2.95. The third kappa shape index (κ3) is 3.29. The number of nitrogens with one attached hydrogen (secondary N) is 1. The highest BCUT2D eigenvalue weighted by molar-refractivity contribution is 5.98. The lowest BCUT2D eigenvalue weighted by Gasteiger charge is -2.05. The fraction of sp³-hybridized carbons (Fsp3) is 0.167. The quantitative estimate of drug-likeness (QED) is 0.590. The summed E-state index contributed by atoms with van der Waals surface area (Å²) in [4.78, 5) is 0. The molecular weight excluding hydrogens is 286 g/mol. The van der Waals surface area contributed by atoms with Gasteiger partial charge >= 0.3 is 0 Å². The summed E-state index contributed by atoms with van der Waals surface area (Å²) >= 11 is 0. The van der Waals surface area contributed by atoms with Gasteiger partial charge in [-0.15, -0.1) is 5.10 Å². The van der Waals surface area contributed by atoms with Gasteiger partial charge in [0.05, 0.1) is 22.8 Å². The zero-order valence-electron chi connectivity index (χ0n) is 13.5. The molecule has 0 saturated heterocycles. The number of benzene rings is 2. The predicted molar refractivity (Wildman–Crippen MR) is 93.1 cm³/mol. The van der Waals surface area contributed by atoms with Crippen LogP contribution >= 0.6 is 0 Å². The lowest BCUT2D eigenvalue weighted by atomic mass is 10.2. The average molecular weight is 305 g/mol. The van der Waals surface area contributed by atoms with E-state index in [4.69, 9.17) is 0 Å². The number of hydrogen-bond acceptors (Lipinski definition) is 4. The standard InChI is InChI=1S/C18H19N5/c1-13-9-11-17(12-10-13)23-15(3)18(21-22-23)14(2)19-20-16-7-5-4-6-8-16/h4-12,20H,1-3H3. The molecule has 0 aliphatic carbocycles. The second-order valence-electron chi connectivity index (χ2n) is 5.45. The number of hydrazone groups is 1. The molecule has 5 nitrogen and oxygen atoms in total. The molecule has 0 aliphatic rings. The molecule has 0 radical (unpaired) electrons. The summed E-state index contributed by atoms with van der Waals surface area (Å²) < 4.78 is 1.83. The summed E-state index contributed by atoms with van der Waals surface area (Å²) in [6.07, 6.45) is 0.